The smallest absolute Gasteiger partial charge is 0.325 e. The van der Waals surface area contributed by atoms with Gasteiger partial charge >= 0.3 is 5.97 Å². The molecule has 0 aliphatic carbocycles. The predicted molar refractivity (Wildman–Crippen MR) is 88.5 cm³/mol. The number of carbonyl (C=O) groups is 2. The monoisotopic (exact) mass is 340 g/mol. The summed E-state index contributed by atoms with van der Waals surface area (Å²) in [6, 6.07) is 6.85. The maximum Gasteiger partial charge on any atom is 0.325 e. The first kappa shape index (κ1) is 16.6. The number of ether oxygens (including phenoxy) is 1. The summed E-state index contributed by atoms with van der Waals surface area (Å²) in [5.41, 5.74) is 1.62. The normalized spacial score (nSPS) is 10.8. The average Bonchev–Trinajstić information content (AvgIpc) is 2.90. The van der Waals surface area contributed by atoms with Gasteiger partial charge in [0.05, 0.1) is 5.52 Å². The van der Waals surface area contributed by atoms with Crippen LogP contribution in [0.25, 0.3) is 10.9 Å². The maximum absolute atomic E-state index is 11.8. The summed E-state index contributed by atoms with van der Waals surface area (Å²) >= 11 is 0. The molecule has 128 valence electrons. The van der Waals surface area contributed by atoms with Gasteiger partial charge in [-0.2, -0.15) is 5.10 Å². The van der Waals surface area contributed by atoms with Gasteiger partial charge in [0.1, 0.15) is 24.6 Å². The standard InChI is InChI=1S/C17H16N4O4/c1-10-5-6-18-15(19-10)9-25-12-3-4-14-13(7-12)17(11(2)22)20-21(14)8-16(23)24/h3-7H,8-9H2,1-2H3,(H,23,24). The maximum atomic E-state index is 11.8. The Labute approximate surface area is 143 Å². The number of Topliss-reactive ketones (excluding diaryl/α,β-unsaturated/α-hetero) is 1. The zero-order chi connectivity index (χ0) is 18.0. The summed E-state index contributed by atoms with van der Waals surface area (Å²) in [6.07, 6.45) is 1.66. The lowest BCUT2D eigenvalue weighted by atomic mass is 10.1. The number of aromatic nitrogens is 4. The van der Waals surface area contributed by atoms with E-state index in [0.717, 1.165) is 5.69 Å². The Morgan fingerprint density at radius 1 is 1.28 bits per heavy atom. The van der Waals surface area contributed by atoms with Gasteiger partial charge in [0.25, 0.3) is 0 Å². The van der Waals surface area contributed by atoms with Crippen LogP contribution in [-0.2, 0) is 17.9 Å². The molecule has 0 spiro atoms. The number of nitrogens with zero attached hydrogens (tertiary/aromatic N) is 4. The van der Waals surface area contributed by atoms with E-state index in [1.807, 2.05) is 6.92 Å². The van der Waals surface area contributed by atoms with Gasteiger partial charge in [0.15, 0.2) is 11.6 Å². The Morgan fingerprint density at radius 3 is 2.76 bits per heavy atom. The fourth-order valence-electron chi connectivity index (χ4n) is 2.48. The van der Waals surface area contributed by atoms with Crippen molar-refractivity contribution < 1.29 is 19.4 Å². The molecular formula is C17H16N4O4. The van der Waals surface area contributed by atoms with Crippen molar-refractivity contribution in [3.63, 3.8) is 0 Å². The largest absolute Gasteiger partial charge is 0.486 e. The Hall–Kier alpha value is -3.29. The van der Waals surface area contributed by atoms with E-state index in [2.05, 4.69) is 15.1 Å². The van der Waals surface area contributed by atoms with Crippen LogP contribution in [0.3, 0.4) is 0 Å². The minimum absolute atomic E-state index is 0.186. The zero-order valence-electron chi connectivity index (χ0n) is 13.8. The molecule has 0 atom stereocenters. The lowest BCUT2D eigenvalue weighted by Crippen LogP contribution is -2.10. The third-order valence-electron chi connectivity index (χ3n) is 3.55. The van der Waals surface area contributed by atoms with Crippen LogP contribution in [0.1, 0.15) is 28.9 Å². The fraction of sp³-hybridized carbons (Fsp3) is 0.235. The predicted octanol–water partition coefficient (Wildman–Crippen LogP) is 2.00. The highest BCUT2D eigenvalue weighted by atomic mass is 16.5. The third kappa shape index (κ3) is 3.63. The van der Waals surface area contributed by atoms with Crippen molar-refractivity contribution in [3.05, 3.63) is 47.7 Å². The van der Waals surface area contributed by atoms with E-state index in [1.54, 1.807) is 30.5 Å². The molecule has 0 amide bonds. The summed E-state index contributed by atoms with van der Waals surface area (Å²) in [7, 11) is 0. The topological polar surface area (TPSA) is 107 Å². The second-order valence-corrected chi connectivity index (χ2v) is 5.54. The molecule has 2 heterocycles. The number of ketones is 1. The third-order valence-corrected chi connectivity index (χ3v) is 3.55. The van der Waals surface area contributed by atoms with E-state index < -0.39 is 5.97 Å². The molecule has 1 aromatic carbocycles. The van der Waals surface area contributed by atoms with Crippen LogP contribution in [0.15, 0.2) is 30.5 Å². The van der Waals surface area contributed by atoms with E-state index >= 15 is 0 Å². The quantitative estimate of drug-likeness (QED) is 0.684. The number of fused-ring (bicyclic) bond motifs is 1. The van der Waals surface area contributed by atoms with Crippen LogP contribution in [0.4, 0.5) is 0 Å². The van der Waals surface area contributed by atoms with E-state index in [-0.39, 0.29) is 24.6 Å². The molecule has 8 heteroatoms. The second kappa shape index (κ2) is 6.68. The first-order valence-electron chi connectivity index (χ1n) is 7.58. The van der Waals surface area contributed by atoms with Crippen molar-refractivity contribution in [2.24, 2.45) is 0 Å². The molecular weight excluding hydrogens is 324 g/mol. The number of carbonyl (C=O) groups excluding carboxylic acids is 1. The number of hydrogen-bond acceptors (Lipinski definition) is 6. The van der Waals surface area contributed by atoms with Crippen molar-refractivity contribution in [1.82, 2.24) is 19.7 Å². The van der Waals surface area contributed by atoms with E-state index in [0.29, 0.717) is 22.5 Å². The Kier molecular flexibility index (Phi) is 4.42. The van der Waals surface area contributed by atoms with Crippen molar-refractivity contribution >= 4 is 22.7 Å². The van der Waals surface area contributed by atoms with Crippen LogP contribution in [0.2, 0.25) is 0 Å². The van der Waals surface area contributed by atoms with E-state index in [1.165, 1.54) is 11.6 Å². The summed E-state index contributed by atoms with van der Waals surface area (Å²) in [5, 5.41) is 13.6. The molecule has 0 aliphatic heterocycles. The highest BCUT2D eigenvalue weighted by Gasteiger charge is 2.16. The van der Waals surface area contributed by atoms with Crippen LogP contribution >= 0.6 is 0 Å². The highest BCUT2D eigenvalue weighted by molar-refractivity contribution is 6.05. The molecule has 0 radical (unpaired) electrons. The number of carboxylic acids is 1. The summed E-state index contributed by atoms with van der Waals surface area (Å²) < 4.78 is 6.98. The van der Waals surface area contributed by atoms with Crippen molar-refractivity contribution in [2.45, 2.75) is 27.0 Å². The molecule has 0 saturated carbocycles. The molecule has 0 bridgehead atoms. The molecule has 0 unspecified atom stereocenters. The van der Waals surface area contributed by atoms with Crippen LogP contribution in [0, 0.1) is 6.92 Å². The molecule has 0 fully saturated rings. The van der Waals surface area contributed by atoms with Gasteiger partial charge in [-0.15, -0.1) is 0 Å². The first-order chi connectivity index (χ1) is 11.9. The Morgan fingerprint density at radius 2 is 2.08 bits per heavy atom. The second-order valence-electron chi connectivity index (χ2n) is 5.54. The molecule has 3 rings (SSSR count). The SMILES string of the molecule is CC(=O)c1nn(CC(=O)O)c2ccc(OCc3nccc(C)n3)cc12. The number of hydrogen-bond donors (Lipinski definition) is 1. The number of rotatable bonds is 6. The lowest BCUT2D eigenvalue weighted by molar-refractivity contribution is -0.137. The molecule has 3 aromatic rings. The number of carboxylic acid groups (broad SMARTS) is 1. The van der Waals surface area contributed by atoms with E-state index in [4.69, 9.17) is 9.84 Å². The van der Waals surface area contributed by atoms with Gasteiger partial charge in [0, 0.05) is 24.2 Å². The van der Waals surface area contributed by atoms with Crippen molar-refractivity contribution in [1.29, 1.82) is 0 Å². The summed E-state index contributed by atoms with van der Waals surface area (Å²) in [5.74, 6) is -0.201. The van der Waals surface area contributed by atoms with Gasteiger partial charge in [0.2, 0.25) is 0 Å². The lowest BCUT2D eigenvalue weighted by Gasteiger charge is -2.06. The molecule has 1 N–H and O–H groups in total. The summed E-state index contributed by atoms with van der Waals surface area (Å²) in [6.45, 7) is 3.13. The molecule has 0 aliphatic rings. The van der Waals surface area contributed by atoms with Gasteiger partial charge in [-0.25, -0.2) is 9.97 Å². The van der Waals surface area contributed by atoms with Gasteiger partial charge in [-0.1, -0.05) is 0 Å². The van der Waals surface area contributed by atoms with Crippen molar-refractivity contribution in [2.75, 3.05) is 0 Å². The number of aliphatic carboxylic acids is 1. The Balaban J connectivity index is 1.91. The van der Waals surface area contributed by atoms with Crippen molar-refractivity contribution in [3.8, 4) is 5.75 Å². The van der Waals surface area contributed by atoms with Gasteiger partial charge < -0.3 is 9.84 Å². The zero-order valence-corrected chi connectivity index (χ0v) is 13.8. The van der Waals surface area contributed by atoms with Crippen LogP contribution < -0.4 is 4.74 Å². The minimum Gasteiger partial charge on any atom is -0.486 e. The van der Waals surface area contributed by atoms with Gasteiger partial charge in [-0.3, -0.25) is 14.3 Å². The molecule has 25 heavy (non-hydrogen) atoms. The van der Waals surface area contributed by atoms with Crippen LogP contribution in [-0.4, -0.2) is 36.6 Å². The van der Waals surface area contributed by atoms with Crippen LogP contribution in [0.5, 0.6) is 5.75 Å². The molecule has 8 nitrogen and oxygen atoms in total. The summed E-state index contributed by atoms with van der Waals surface area (Å²) in [4.78, 5) is 31.2. The number of aryl methyl sites for hydroxylation is 1. The first-order valence-corrected chi connectivity index (χ1v) is 7.58. The fourth-order valence-corrected chi connectivity index (χ4v) is 2.48. The molecule has 0 saturated heterocycles. The molecule has 2 aromatic heterocycles. The van der Waals surface area contributed by atoms with E-state index in [9.17, 15) is 9.59 Å². The Bertz CT molecular complexity index is 964. The average molecular weight is 340 g/mol. The minimum atomic E-state index is -1.03. The number of benzene rings is 1. The highest BCUT2D eigenvalue weighted by Crippen LogP contribution is 2.25. The van der Waals surface area contributed by atoms with Gasteiger partial charge in [-0.05, 0) is 31.2 Å².